The fourth-order valence-electron chi connectivity index (χ4n) is 3.29. The molecule has 1 aromatic carbocycles. The number of aliphatic hydroxyl groups excluding tert-OH is 1. The van der Waals surface area contributed by atoms with Gasteiger partial charge < -0.3 is 15.7 Å². The highest BCUT2D eigenvalue weighted by atomic mass is 16.3. The van der Waals surface area contributed by atoms with E-state index in [1.54, 1.807) is 0 Å². The van der Waals surface area contributed by atoms with Crippen molar-refractivity contribution in [3.63, 3.8) is 0 Å². The number of hydrogen-bond acceptors (Lipinski definition) is 4. The minimum absolute atomic E-state index is 0.151. The average molecular weight is 285 g/mol. The number of anilines is 1. The number of nitrogens with zero attached hydrogens (tertiary/aromatic N) is 2. The van der Waals surface area contributed by atoms with Crippen molar-refractivity contribution in [1.82, 2.24) is 4.98 Å². The lowest BCUT2D eigenvalue weighted by molar-refractivity contribution is 0.106. The number of fused-ring (bicyclic) bond motifs is 1. The number of hydrogen-bond donors (Lipinski definition) is 2. The minimum Gasteiger partial charge on any atom is -0.391 e. The van der Waals surface area contributed by atoms with Crippen LogP contribution in [0.25, 0.3) is 10.9 Å². The van der Waals surface area contributed by atoms with Gasteiger partial charge in [0.05, 0.1) is 17.7 Å². The van der Waals surface area contributed by atoms with Gasteiger partial charge in [-0.05, 0) is 30.5 Å². The number of para-hydroxylation sites is 1. The van der Waals surface area contributed by atoms with Crippen LogP contribution in [0.5, 0.6) is 0 Å². The van der Waals surface area contributed by atoms with Gasteiger partial charge in [-0.15, -0.1) is 0 Å². The summed E-state index contributed by atoms with van der Waals surface area (Å²) in [6.07, 6.45) is 3.92. The van der Waals surface area contributed by atoms with Crippen molar-refractivity contribution in [2.75, 3.05) is 11.9 Å². The van der Waals surface area contributed by atoms with E-state index in [1.165, 1.54) is 6.42 Å². The summed E-state index contributed by atoms with van der Waals surface area (Å²) in [6, 6.07) is 10.3. The molecule has 0 amide bonds. The molecule has 1 aliphatic rings. The number of rotatable bonds is 3. The van der Waals surface area contributed by atoms with Crippen molar-refractivity contribution >= 4 is 16.7 Å². The quantitative estimate of drug-likeness (QED) is 0.909. The molecule has 0 spiro atoms. The van der Waals surface area contributed by atoms with Crippen LogP contribution < -0.4 is 10.6 Å². The van der Waals surface area contributed by atoms with Crippen molar-refractivity contribution < 1.29 is 5.11 Å². The average Bonchev–Trinajstić information content (AvgIpc) is 2.53. The first-order valence-electron chi connectivity index (χ1n) is 7.70. The zero-order chi connectivity index (χ0) is 14.8. The largest absolute Gasteiger partial charge is 0.391 e. The van der Waals surface area contributed by atoms with Crippen molar-refractivity contribution in [1.29, 1.82) is 0 Å². The molecule has 112 valence electrons. The molecular formula is C17H23N3O. The number of likely N-dealkylation sites (N-methyl/N-ethyl adjacent to an activating group) is 1. The van der Waals surface area contributed by atoms with Crippen LogP contribution in [0.2, 0.25) is 0 Å². The van der Waals surface area contributed by atoms with Crippen LogP contribution in [-0.4, -0.2) is 29.3 Å². The third-order valence-electron chi connectivity index (χ3n) is 4.56. The van der Waals surface area contributed by atoms with Crippen molar-refractivity contribution in [2.24, 2.45) is 5.73 Å². The van der Waals surface area contributed by atoms with E-state index in [4.69, 9.17) is 10.7 Å². The Bertz CT molecular complexity index is 628. The minimum atomic E-state index is -0.265. The lowest BCUT2D eigenvalue weighted by Crippen LogP contribution is -2.43. The SMILES string of the molecule is CN(c1cc(CN)c2ccccc2n1)C1CCCCC1O. The number of benzene rings is 1. The Morgan fingerprint density at radius 1 is 1.29 bits per heavy atom. The number of pyridine rings is 1. The molecule has 1 fully saturated rings. The van der Waals surface area contributed by atoms with Crippen LogP contribution >= 0.6 is 0 Å². The van der Waals surface area contributed by atoms with Crippen LogP contribution in [0.4, 0.5) is 5.82 Å². The standard InChI is InChI=1S/C17H23N3O/c1-20(15-8-4-5-9-16(15)21)17-10-12(11-18)13-6-2-3-7-14(13)19-17/h2-3,6-7,10,15-16,21H,4-5,8-9,11,18H2,1H3. The fourth-order valence-corrected chi connectivity index (χ4v) is 3.29. The van der Waals surface area contributed by atoms with Crippen molar-refractivity contribution in [3.8, 4) is 0 Å². The van der Waals surface area contributed by atoms with Crippen LogP contribution in [0.1, 0.15) is 31.2 Å². The molecule has 1 heterocycles. The second-order valence-corrected chi connectivity index (χ2v) is 5.89. The van der Waals surface area contributed by atoms with Gasteiger partial charge in [-0.25, -0.2) is 4.98 Å². The van der Waals surface area contributed by atoms with Gasteiger partial charge in [0.2, 0.25) is 0 Å². The maximum absolute atomic E-state index is 10.2. The topological polar surface area (TPSA) is 62.4 Å². The highest BCUT2D eigenvalue weighted by Gasteiger charge is 2.27. The Hall–Kier alpha value is -1.65. The second-order valence-electron chi connectivity index (χ2n) is 5.89. The van der Waals surface area contributed by atoms with Crippen LogP contribution in [0, 0.1) is 0 Å². The first-order chi connectivity index (χ1) is 10.2. The molecule has 1 aliphatic carbocycles. The molecule has 4 heteroatoms. The molecule has 0 radical (unpaired) electrons. The summed E-state index contributed by atoms with van der Waals surface area (Å²) in [6.45, 7) is 0.497. The highest BCUT2D eigenvalue weighted by molar-refractivity contribution is 5.84. The Kier molecular flexibility index (Phi) is 4.08. The van der Waals surface area contributed by atoms with Crippen LogP contribution in [-0.2, 0) is 6.54 Å². The number of nitrogens with two attached hydrogens (primary N) is 1. The molecule has 3 N–H and O–H groups in total. The second kappa shape index (κ2) is 6.00. The smallest absolute Gasteiger partial charge is 0.129 e. The lowest BCUT2D eigenvalue weighted by atomic mass is 9.91. The monoisotopic (exact) mass is 285 g/mol. The molecule has 1 saturated carbocycles. The summed E-state index contributed by atoms with van der Waals surface area (Å²) in [5.41, 5.74) is 7.96. The highest BCUT2D eigenvalue weighted by Crippen LogP contribution is 2.28. The lowest BCUT2D eigenvalue weighted by Gasteiger charge is -2.36. The molecular weight excluding hydrogens is 262 g/mol. The Balaban J connectivity index is 1.99. The molecule has 3 rings (SSSR count). The molecule has 0 saturated heterocycles. The van der Waals surface area contributed by atoms with E-state index in [9.17, 15) is 5.11 Å². The predicted molar refractivity (Wildman–Crippen MR) is 86.3 cm³/mol. The van der Waals surface area contributed by atoms with Gasteiger partial charge in [-0.3, -0.25) is 0 Å². The fraction of sp³-hybridized carbons (Fsp3) is 0.471. The van der Waals surface area contributed by atoms with Gasteiger partial charge in [-0.2, -0.15) is 0 Å². The van der Waals surface area contributed by atoms with E-state index in [1.807, 2.05) is 25.2 Å². The summed E-state index contributed by atoms with van der Waals surface area (Å²) < 4.78 is 0. The van der Waals surface area contributed by atoms with Crippen LogP contribution in [0.15, 0.2) is 30.3 Å². The third kappa shape index (κ3) is 2.74. The molecule has 1 aromatic heterocycles. The summed E-state index contributed by atoms with van der Waals surface area (Å²) in [5, 5.41) is 11.4. The maximum Gasteiger partial charge on any atom is 0.129 e. The third-order valence-corrected chi connectivity index (χ3v) is 4.56. The Morgan fingerprint density at radius 2 is 2.05 bits per heavy atom. The van der Waals surface area contributed by atoms with Gasteiger partial charge in [0.15, 0.2) is 0 Å². The summed E-state index contributed by atoms with van der Waals surface area (Å²) in [4.78, 5) is 6.87. The Labute approximate surface area is 125 Å². The molecule has 2 atom stereocenters. The molecule has 4 nitrogen and oxygen atoms in total. The Morgan fingerprint density at radius 3 is 2.81 bits per heavy atom. The van der Waals surface area contributed by atoms with E-state index < -0.39 is 0 Å². The zero-order valence-corrected chi connectivity index (χ0v) is 12.5. The summed E-state index contributed by atoms with van der Waals surface area (Å²) in [5.74, 6) is 0.903. The summed E-state index contributed by atoms with van der Waals surface area (Å²) in [7, 11) is 2.02. The molecule has 2 aromatic rings. The zero-order valence-electron chi connectivity index (χ0n) is 12.5. The van der Waals surface area contributed by atoms with E-state index in [-0.39, 0.29) is 12.1 Å². The van der Waals surface area contributed by atoms with Crippen LogP contribution in [0.3, 0.4) is 0 Å². The predicted octanol–water partition coefficient (Wildman–Crippen LogP) is 2.43. The normalized spacial score (nSPS) is 22.4. The molecule has 21 heavy (non-hydrogen) atoms. The van der Waals surface area contributed by atoms with Crippen molar-refractivity contribution in [2.45, 2.75) is 44.4 Å². The molecule has 0 bridgehead atoms. The van der Waals surface area contributed by atoms with Gasteiger partial charge in [0.1, 0.15) is 5.82 Å². The van der Waals surface area contributed by atoms with E-state index in [0.29, 0.717) is 6.54 Å². The van der Waals surface area contributed by atoms with Gasteiger partial charge in [-0.1, -0.05) is 31.0 Å². The number of aromatic nitrogens is 1. The van der Waals surface area contributed by atoms with Gasteiger partial charge >= 0.3 is 0 Å². The van der Waals surface area contributed by atoms with Gasteiger partial charge in [0, 0.05) is 19.0 Å². The number of aliphatic hydroxyl groups is 1. The first-order valence-corrected chi connectivity index (χ1v) is 7.70. The molecule has 0 aliphatic heterocycles. The van der Waals surface area contributed by atoms with E-state index >= 15 is 0 Å². The van der Waals surface area contributed by atoms with Gasteiger partial charge in [0.25, 0.3) is 0 Å². The molecule has 2 unspecified atom stereocenters. The summed E-state index contributed by atoms with van der Waals surface area (Å²) >= 11 is 0. The van der Waals surface area contributed by atoms with Crippen molar-refractivity contribution in [3.05, 3.63) is 35.9 Å². The van der Waals surface area contributed by atoms with E-state index in [2.05, 4.69) is 17.0 Å². The first kappa shape index (κ1) is 14.3. The maximum atomic E-state index is 10.2. The van der Waals surface area contributed by atoms with E-state index in [0.717, 1.165) is 41.5 Å².